The van der Waals surface area contributed by atoms with Gasteiger partial charge in [-0.25, -0.2) is 0 Å². The zero-order chi connectivity index (χ0) is 55.3. The Balaban J connectivity index is 1.25. The van der Waals surface area contributed by atoms with Gasteiger partial charge in [0.15, 0.2) is 43.5 Å². The molecule has 12 saturated heterocycles. The number of Topliss-reactive ketones (excluding diaryl/α,β-unsaturated/α-hetero) is 1. The van der Waals surface area contributed by atoms with E-state index in [9.17, 15) is 96.1 Å². The van der Waals surface area contributed by atoms with Crippen LogP contribution in [0.25, 0.3) is 0 Å². The summed E-state index contributed by atoms with van der Waals surface area (Å²) in [6, 6.07) is 0. The molecule has 0 saturated carbocycles. The third-order valence-corrected chi connectivity index (χ3v) is 14.7. The summed E-state index contributed by atoms with van der Waals surface area (Å²) < 4.78 is 70.5. The van der Waals surface area contributed by atoms with Gasteiger partial charge in [0.2, 0.25) is 11.8 Å². The van der Waals surface area contributed by atoms with Crippen molar-refractivity contribution in [1.29, 1.82) is 0 Å². The molecule has 2 amide bonds. The van der Waals surface area contributed by atoms with Gasteiger partial charge in [-0.15, -0.1) is 0 Å². The lowest BCUT2D eigenvalue weighted by Crippen LogP contribution is -2.69. The second-order valence-corrected chi connectivity index (χ2v) is 19.8. The Hall–Kier alpha value is -2.51. The minimum Gasteiger partial charge on any atom is -0.394 e. The molecule has 0 radical (unpaired) electrons. The van der Waals surface area contributed by atoms with Crippen molar-refractivity contribution in [2.45, 2.75) is 198 Å². The van der Waals surface area contributed by atoms with Gasteiger partial charge in [-0.2, -0.15) is 0 Å². The average Bonchev–Trinajstić information content (AvgIpc) is 3.39. The minimum atomic E-state index is -2.27. The smallest absolute Gasteiger partial charge is 0.219 e. The highest BCUT2D eigenvalue weighted by Gasteiger charge is 2.59. The Morgan fingerprint density at radius 2 is 0.566 bits per heavy atom. The number of aliphatic hydroxyl groups is 16. The van der Waals surface area contributed by atoms with Crippen molar-refractivity contribution in [3.63, 3.8) is 0 Å². The molecule has 12 rings (SSSR count). The first-order valence-electron chi connectivity index (χ1n) is 24.5. The Kier molecular flexibility index (Phi) is 19.4. The lowest BCUT2D eigenvalue weighted by Gasteiger charge is -2.51. The van der Waals surface area contributed by atoms with Crippen LogP contribution < -0.4 is 0 Å². The Bertz CT molecular complexity index is 1820. The average molecular weight is 1110 g/mol. The molecule has 0 aliphatic carbocycles. The lowest BCUT2D eigenvalue weighted by molar-refractivity contribution is -0.403. The second-order valence-electron chi connectivity index (χ2n) is 19.8. The molecule has 0 aromatic heterocycles. The molecule has 436 valence electrons. The van der Waals surface area contributed by atoms with Crippen LogP contribution in [0.5, 0.6) is 0 Å². The monoisotopic (exact) mass is 1110 g/mol. The maximum absolute atomic E-state index is 14.1. The van der Waals surface area contributed by atoms with E-state index in [1.807, 2.05) is 0 Å². The van der Waals surface area contributed by atoms with Gasteiger partial charge in [-0.05, 0) is 0 Å². The van der Waals surface area contributed by atoms with Gasteiger partial charge in [-0.3, -0.25) is 14.4 Å². The number of rotatable bonds is 4. The highest BCUT2D eigenvalue weighted by Crippen LogP contribution is 2.38. The zero-order valence-corrected chi connectivity index (χ0v) is 40.7. The van der Waals surface area contributed by atoms with Crippen molar-refractivity contribution in [3.8, 4) is 0 Å². The topological polar surface area (TPSA) is 492 Å². The SMILES string of the molecule is CC(=O)N1CC(=O)CN(C(C)=O)C[C@H]2O[C@@H]3O[C@H]4[C@H](O)[C@@H](O)[C@@H](O[C@H]5[C@H](O)[C@@H](O)[C@@H](O[C@H]6[C@H](O)[C@@H](O)[C@@H](O[C@H]7[C@H](O)[C@@H](O)[C@@H](O[C@H]8[C@H](O)[C@@H](O)[C@@H](O[C@H]2[C@H](O)[C@H]3O)O[C@@H]8CO)O[C@@H]7CO)O[C@@H]6C1)O[C@@H]5CO)O[C@@H]4CO. The number of nitrogens with zero attached hydrogens (tertiary/aromatic N) is 2. The standard InChI is InChI=1S/C43H68N2O31/c1-11(50)44-3-13(52)4-45(12(2)51)6-15-33-21(54)27(60)39(66-15)74-35-17(8-47)70-43(31(64)25(35)58)75-36-18(9-48)67-40(28(61)22(36)55)71-32-14(5-44)65-38(26(59)20(32)53)73-34-16(7-46)69-42(30(63)24(34)57)76-37-19(10-49)68-41(72-33)29(62)23(37)56/h14-43,46-49,53-64H,3-10H2,1-2H3/t14-,15-,16-,17-,18-,19-,20-,21-,22-,23-,24-,25-,26-,27-,28-,29-,30-,31-,32-,33-,34-,35-,36-,37-,38-,39-,40-,41-,42-,43-/m1/s1. The van der Waals surface area contributed by atoms with E-state index in [1.165, 1.54) is 0 Å². The third-order valence-electron chi connectivity index (χ3n) is 14.7. The molecule has 12 fully saturated rings. The molecule has 0 unspecified atom stereocenters. The van der Waals surface area contributed by atoms with Crippen molar-refractivity contribution >= 4 is 17.6 Å². The molecule has 12 bridgehead atoms. The van der Waals surface area contributed by atoms with Crippen LogP contribution in [0.2, 0.25) is 0 Å². The fourth-order valence-electron chi connectivity index (χ4n) is 10.4. The Morgan fingerprint density at radius 3 is 0.789 bits per heavy atom. The summed E-state index contributed by atoms with van der Waals surface area (Å²) >= 11 is 0. The van der Waals surface area contributed by atoms with Gasteiger partial charge in [-0.1, -0.05) is 0 Å². The first-order chi connectivity index (χ1) is 36.0. The molecule has 0 spiro atoms. The molecule has 0 aromatic rings. The van der Waals surface area contributed by atoms with Gasteiger partial charge in [0, 0.05) is 13.8 Å². The van der Waals surface area contributed by atoms with Crippen LogP contribution in [0.1, 0.15) is 13.8 Å². The van der Waals surface area contributed by atoms with Crippen LogP contribution in [0, 0.1) is 0 Å². The number of carbonyl (C=O) groups excluding carboxylic acids is 3. The molecule has 33 nitrogen and oxygen atoms in total. The fraction of sp³-hybridized carbons (Fsp3) is 0.930. The van der Waals surface area contributed by atoms with Crippen molar-refractivity contribution < 1.29 is 153 Å². The van der Waals surface area contributed by atoms with Crippen LogP contribution in [-0.4, -0.2) is 346 Å². The van der Waals surface area contributed by atoms with E-state index in [1.54, 1.807) is 0 Å². The van der Waals surface area contributed by atoms with E-state index >= 15 is 0 Å². The van der Waals surface area contributed by atoms with Crippen LogP contribution in [0.3, 0.4) is 0 Å². The van der Waals surface area contributed by atoms with E-state index in [0.29, 0.717) is 0 Å². The number of fused-ring (bicyclic) bond motifs is 4. The maximum atomic E-state index is 14.1. The van der Waals surface area contributed by atoms with E-state index in [2.05, 4.69) is 0 Å². The summed E-state index contributed by atoms with van der Waals surface area (Å²) in [6.07, 6.45) is -61.4. The molecule has 33 heteroatoms. The zero-order valence-electron chi connectivity index (χ0n) is 40.7. The van der Waals surface area contributed by atoms with Gasteiger partial charge >= 0.3 is 0 Å². The summed E-state index contributed by atoms with van der Waals surface area (Å²) in [5.74, 6) is -2.65. The highest BCUT2D eigenvalue weighted by molar-refractivity contribution is 5.89. The molecular formula is C43H68N2O31. The van der Waals surface area contributed by atoms with Crippen LogP contribution in [-0.2, 0) is 71.2 Å². The maximum Gasteiger partial charge on any atom is 0.219 e. The van der Waals surface area contributed by atoms with Crippen LogP contribution >= 0.6 is 0 Å². The third kappa shape index (κ3) is 11.8. The van der Waals surface area contributed by atoms with Crippen molar-refractivity contribution in [2.24, 2.45) is 0 Å². The number of hydrogen-bond acceptors (Lipinski definition) is 31. The van der Waals surface area contributed by atoms with Crippen molar-refractivity contribution in [2.75, 3.05) is 52.6 Å². The molecular weight excluding hydrogens is 1040 g/mol. The number of hydrogen-bond donors (Lipinski definition) is 16. The first-order valence-corrected chi connectivity index (χ1v) is 24.5. The summed E-state index contributed by atoms with van der Waals surface area (Å²) in [7, 11) is 0. The summed E-state index contributed by atoms with van der Waals surface area (Å²) in [4.78, 5) is 42.6. The molecule has 12 aliphatic rings. The quantitative estimate of drug-likeness (QED) is 0.124. The second kappa shape index (κ2) is 24.7. The number of ether oxygens (including phenoxy) is 12. The van der Waals surface area contributed by atoms with Gasteiger partial charge in [0.05, 0.1) is 52.6 Å². The van der Waals surface area contributed by atoms with Crippen molar-refractivity contribution in [3.05, 3.63) is 0 Å². The van der Waals surface area contributed by atoms with Crippen LogP contribution in [0.4, 0.5) is 0 Å². The van der Waals surface area contributed by atoms with E-state index < -0.39 is 254 Å². The Labute approximate surface area is 430 Å². The number of amides is 2. The number of ketones is 1. The molecule has 12 heterocycles. The minimum absolute atomic E-state index is 0.793. The van der Waals surface area contributed by atoms with Gasteiger partial charge in [0.25, 0.3) is 0 Å². The van der Waals surface area contributed by atoms with Crippen LogP contribution in [0.15, 0.2) is 0 Å². The normalized spacial score (nSPS) is 51.0. The van der Waals surface area contributed by atoms with Gasteiger partial charge < -0.3 is 148 Å². The number of aliphatic hydroxyl groups excluding tert-OH is 16. The molecule has 12 aliphatic heterocycles. The molecule has 76 heavy (non-hydrogen) atoms. The van der Waals surface area contributed by atoms with E-state index in [0.717, 1.165) is 23.6 Å². The highest BCUT2D eigenvalue weighted by atomic mass is 16.8. The predicted octanol–water partition coefficient (Wildman–Crippen LogP) is -12.8. The first kappa shape index (κ1) is 59.6. The predicted molar refractivity (Wildman–Crippen MR) is 231 cm³/mol. The fourth-order valence-corrected chi connectivity index (χ4v) is 10.4. The lowest BCUT2D eigenvalue weighted by atomic mass is 9.94. The summed E-state index contributed by atoms with van der Waals surface area (Å²) in [5.41, 5.74) is 0. The van der Waals surface area contributed by atoms with Crippen molar-refractivity contribution in [1.82, 2.24) is 9.80 Å². The van der Waals surface area contributed by atoms with Gasteiger partial charge in [0.1, 0.15) is 146 Å². The summed E-state index contributed by atoms with van der Waals surface area (Å²) in [5, 5.41) is 181. The van der Waals surface area contributed by atoms with E-state index in [4.69, 9.17) is 56.8 Å². The molecule has 0 aromatic carbocycles. The summed E-state index contributed by atoms with van der Waals surface area (Å²) in [6.45, 7) is -5.54. The molecule has 16 N–H and O–H groups in total. The Morgan fingerprint density at radius 1 is 0.355 bits per heavy atom. The van der Waals surface area contributed by atoms with E-state index in [-0.39, 0.29) is 0 Å². The molecule has 30 atom stereocenters. The number of carbonyl (C=O) groups is 3. The largest absolute Gasteiger partial charge is 0.394 e.